The molecule has 4 nitrogen and oxygen atoms in total. The van der Waals surface area contributed by atoms with Crippen LogP contribution in [0.15, 0.2) is 24.3 Å². The standard InChI is InChI=1S/C15H17N3OS.ClH/c19-15(10-8-16-9-10)18-7-3-5-12(18)14-17-11-4-1-2-6-13(11)20-14;/h1-2,4,6,10,12,16H,3,5,7-9H2;1H. The zero-order valence-electron chi connectivity index (χ0n) is 11.6. The van der Waals surface area contributed by atoms with Crippen LogP contribution >= 0.6 is 23.7 Å². The van der Waals surface area contributed by atoms with Crippen molar-refractivity contribution in [1.82, 2.24) is 15.2 Å². The fraction of sp³-hybridized carbons (Fsp3) is 0.467. The minimum Gasteiger partial charge on any atom is -0.333 e. The van der Waals surface area contributed by atoms with Crippen molar-refractivity contribution in [3.05, 3.63) is 29.3 Å². The first-order valence-electron chi connectivity index (χ1n) is 7.19. The Morgan fingerprint density at radius 2 is 2.14 bits per heavy atom. The number of para-hydroxylation sites is 1. The number of nitrogens with one attached hydrogen (secondary N) is 1. The van der Waals surface area contributed by atoms with Crippen molar-refractivity contribution in [3.63, 3.8) is 0 Å². The molecule has 21 heavy (non-hydrogen) atoms. The zero-order valence-corrected chi connectivity index (χ0v) is 13.3. The molecule has 4 rings (SSSR count). The van der Waals surface area contributed by atoms with E-state index >= 15 is 0 Å². The summed E-state index contributed by atoms with van der Waals surface area (Å²) in [4.78, 5) is 19.3. The minimum absolute atomic E-state index is 0. The fourth-order valence-electron chi connectivity index (χ4n) is 3.02. The Morgan fingerprint density at radius 1 is 1.33 bits per heavy atom. The molecule has 1 aromatic carbocycles. The molecule has 0 saturated carbocycles. The van der Waals surface area contributed by atoms with Gasteiger partial charge in [-0.1, -0.05) is 12.1 Å². The number of carbonyl (C=O) groups is 1. The third-order valence-electron chi connectivity index (χ3n) is 4.26. The van der Waals surface area contributed by atoms with Gasteiger partial charge in [-0.3, -0.25) is 4.79 Å². The number of likely N-dealkylation sites (tertiary alicyclic amines) is 1. The molecule has 112 valence electrons. The predicted octanol–water partition coefficient (Wildman–Crippen LogP) is 2.60. The van der Waals surface area contributed by atoms with Crippen molar-refractivity contribution >= 4 is 39.9 Å². The van der Waals surface area contributed by atoms with Gasteiger partial charge in [0, 0.05) is 19.6 Å². The number of hydrogen-bond donors (Lipinski definition) is 1. The highest BCUT2D eigenvalue weighted by molar-refractivity contribution is 7.18. The first-order chi connectivity index (χ1) is 9.83. The van der Waals surface area contributed by atoms with Crippen molar-refractivity contribution in [2.75, 3.05) is 19.6 Å². The van der Waals surface area contributed by atoms with Crippen LogP contribution in [0.5, 0.6) is 0 Å². The van der Waals surface area contributed by atoms with E-state index in [1.165, 1.54) is 4.70 Å². The maximum absolute atomic E-state index is 12.5. The molecule has 2 saturated heterocycles. The molecule has 0 aliphatic carbocycles. The average Bonchev–Trinajstić information content (AvgIpc) is 3.02. The van der Waals surface area contributed by atoms with E-state index in [4.69, 9.17) is 4.98 Å². The largest absolute Gasteiger partial charge is 0.333 e. The van der Waals surface area contributed by atoms with Gasteiger partial charge in [0.15, 0.2) is 0 Å². The SMILES string of the molecule is Cl.O=C(C1CNC1)N1CCCC1c1nc2ccccc2s1. The minimum atomic E-state index is 0. The molecule has 1 atom stereocenters. The van der Waals surface area contributed by atoms with Gasteiger partial charge in [-0.05, 0) is 25.0 Å². The molecule has 2 aliphatic rings. The number of nitrogens with zero attached hydrogens (tertiary/aromatic N) is 2. The van der Waals surface area contributed by atoms with Gasteiger partial charge in [-0.15, -0.1) is 23.7 Å². The van der Waals surface area contributed by atoms with Gasteiger partial charge in [0.25, 0.3) is 0 Å². The molecule has 2 aromatic rings. The first kappa shape index (κ1) is 14.8. The van der Waals surface area contributed by atoms with Crippen LogP contribution in [0.3, 0.4) is 0 Å². The predicted molar refractivity (Wildman–Crippen MR) is 86.9 cm³/mol. The number of benzene rings is 1. The van der Waals surface area contributed by atoms with Gasteiger partial charge in [0.2, 0.25) is 5.91 Å². The lowest BCUT2D eigenvalue weighted by Crippen LogP contribution is -2.51. The Balaban J connectivity index is 0.00000132. The monoisotopic (exact) mass is 323 g/mol. The number of fused-ring (bicyclic) bond motifs is 1. The Kier molecular flexibility index (Phi) is 4.15. The van der Waals surface area contributed by atoms with Crippen LogP contribution in [0.25, 0.3) is 10.2 Å². The van der Waals surface area contributed by atoms with Crippen molar-refractivity contribution in [2.24, 2.45) is 5.92 Å². The molecule has 2 fully saturated rings. The number of halogens is 1. The summed E-state index contributed by atoms with van der Waals surface area (Å²) in [6.45, 7) is 2.56. The number of amides is 1. The van der Waals surface area contributed by atoms with Crippen LogP contribution in [0, 0.1) is 5.92 Å². The van der Waals surface area contributed by atoms with E-state index in [0.717, 1.165) is 43.0 Å². The average molecular weight is 324 g/mol. The molecular weight excluding hydrogens is 306 g/mol. The van der Waals surface area contributed by atoms with Gasteiger partial charge in [-0.2, -0.15) is 0 Å². The van der Waals surface area contributed by atoms with Gasteiger partial charge in [0.1, 0.15) is 5.01 Å². The number of aromatic nitrogens is 1. The number of rotatable bonds is 2. The number of hydrogen-bond acceptors (Lipinski definition) is 4. The summed E-state index contributed by atoms with van der Waals surface area (Å²) in [6.07, 6.45) is 2.14. The second kappa shape index (κ2) is 5.91. The van der Waals surface area contributed by atoms with Gasteiger partial charge >= 0.3 is 0 Å². The van der Waals surface area contributed by atoms with Gasteiger partial charge in [0.05, 0.1) is 22.2 Å². The highest BCUT2D eigenvalue weighted by atomic mass is 35.5. The van der Waals surface area contributed by atoms with Crippen molar-refractivity contribution in [2.45, 2.75) is 18.9 Å². The third-order valence-corrected chi connectivity index (χ3v) is 5.40. The fourth-order valence-corrected chi connectivity index (χ4v) is 4.13. The lowest BCUT2D eigenvalue weighted by Gasteiger charge is -2.32. The smallest absolute Gasteiger partial charge is 0.228 e. The molecule has 1 N–H and O–H groups in total. The Labute approximate surface area is 134 Å². The van der Waals surface area contributed by atoms with E-state index in [2.05, 4.69) is 16.3 Å². The maximum atomic E-state index is 12.5. The quantitative estimate of drug-likeness (QED) is 0.924. The molecule has 0 radical (unpaired) electrons. The van der Waals surface area contributed by atoms with Crippen LogP contribution in [-0.4, -0.2) is 35.4 Å². The summed E-state index contributed by atoms with van der Waals surface area (Å²) in [5.41, 5.74) is 1.05. The van der Waals surface area contributed by atoms with Gasteiger partial charge < -0.3 is 10.2 Å². The summed E-state index contributed by atoms with van der Waals surface area (Å²) in [5.74, 6) is 0.496. The van der Waals surface area contributed by atoms with Gasteiger partial charge in [-0.25, -0.2) is 4.98 Å². The van der Waals surface area contributed by atoms with E-state index in [1.54, 1.807) is 11.3 Å². The summed E-state index contributed by atoms with van der Waals surface area (Å²) >= 11 is 1.73. The van der Waals surface area contributed by atoms with Crippen LogP contribution in [-0.2, 0) is 4.79 Å². The topological polar surface area (TPSA) is 45.2 Å². The third kappa shape index (κ3) is 2.54. The second-order valence-electron chi connectivity index (χ2n) is 5.56. The molecule has 0 bridgehead atoms. The molecule has 0 spiro atoms. The molecule has 3 heterocycles. The highest BCUT2D eigenvalue weighted by Crippen LogP contribution is 2.37. The van der Waals surface area contributed by atoms with E-state index in [9.17, 15) is 4.79 Å². The lowest BCUT2D eigenvalue weighted by molar-refractivity contribution is -0.138. The lowest BCUT2D eigenvalue weighted by atomic mass is 10.0. The Hall–Kier alpha value is -1.17. The normalized spacial score (nSPS) is 22.1. The summed E-state index contributed by atoms with van der Waals surface area (Å²) in [6, 6.07) is 8.41. The van der Waals surface area contributed by atoms with Crippen molar-refractivity contribution < 1.29 is 4.79 Å². The highest BCUT2D eigenvalue weighted by Gasteiger charge is 2.37. The van der Waals surface area contributed by atoms with Crippen molar-refractivity contribution in [1.29, 1.82) is 0 Å². The zero-order chi connectivity index (χ0) is 13.5. The van der Waals surface area contributed by atoms with Crippen LogP contribution in [0.4, 0.5) is 0 Å². The summed E-state index contributed by atoms with van der Waals surface area (Å²) in [5, 5.41) is 4.28. The van der Waals surface area contributed by atoms with Crippen LogP contribution < -0.4 is 5.32 Å². The molecule has 6 heteroatoms. The first-order valence-corrected chi connectivity index (χ1v) is 8.01. The molecule has 1 unspecified atom stereocenters. The molecule has 1 amide bonds. The van der Waals surface area contributed by atoms with Crippen LogP contribution in [0.1, 0.15) is 23.9 Å². The van der Waals surface area contributed by atoms with E-state index in [0.29, 0.717) is 5.91 Å². The Morgan fingerprint density at radius 3 is 2.86 bits per heavy atom. The van der Waals surface area contributed by atoms with Crippen molar-refractivity contribution in [3.8, 4) is 0 Å². The number of thiazole rings is 1. The van der Waals surface area contributed by atoms with Crippen LogP contribution in [0.2, 0.25) is 0 Å². The Bertz CT molecular complexity index is 622. The maximum Gasteiger partial charge on any atom is 0.228 e. The van der Waals surface area contributed by atoms with E-state index in [1.807, 2.05) is 18.2 Å². The summed E-state index contributed by atoms with van der Waals surface area (Å²) < 4.78 is 1.21. The molecule has 2 aliphatic heterocycles. The molecular formula is C15H18ClN3OS. The summed E-state index contributed by atoms with van der Waals surface area (Å²) in [7, 11) is 0. The second-order valence-corrected chi connectivity index (χ2v) is 6.63. The van der Waals surface area contributed by atoms with E-state index < -0.39 is 0 Å². The van der Waals surface area contributed by atoms with E-state index in [-0.39, 0.29) is 24.4 Å². The number of carbonyl (C=O) groups excluding carboxylic acids is 1. The molecule has 1 aromatic heterocycles.